The first kappa shape index (κ1) is 23.2. The number of hydrogen-bond donors (Lipinski definition) is 0. The van der Waals surface area contributed by atoms with Crippen molar-refractivity contribution < 1.29 is 19.2 Å². The fraction of sp³-hybridized carbons (Fsp3) is 0.192. The van der Waals surface area contributed by atoms with Gasteiger partial charge >= 0.3 is 0 Å². The number of morpholine rings is 1. The Labute approximate surface area is 205 Å². The standard InChI is InChI=1S/C26H22N4O6/c1-35-20-13-17(16-31)12-18(14-20)25-21-4-2-3-5-22(21)26(32)29(27-25)24-15-19(6-7-23(24)30(33)34)28-8-10-36-11-9-28/h2-7,12-16H,8-11H2,1H3. The average Bonchev–Trinajstić information content (AvgIpc) is 2.93. The van der Waals surface area contributed by atoms with Crippen molar-refractivity contribution in [1.82, 2.24) is 9.78 Å². The number of ether oxygens (including phenoxy) is 2. The summed E-state index contributed by atoms with van der Waals surface area (Å²) in [5.41, 5.74) is 1.34. The lowest BCUT2D eigenvalue weighted by molar-refractivity contribution is -0.384. The van der Waals surface area contributed by atoms with Crippen LogP contribution in [0.2, 0.25) is 0 Å². The van der Waals surface area contributed by atoms with Crippen molar-refractivity contribution in [2.75, 3.05) is 38.3 Å². The number of carbonyl (C=O) groups is 1. The maximum absolute atomic E-state index is 13.6. The van der Waals surface area contributed by atoms with E-state index in [4.69, 9.17) is 9.47 Å². The van der Waals surface area contributed by atoms with E-state index in [9.17, 15) is 19.7 Å². The van der Waals surface area contributed by atoms with Crippen LogP contribution in [0.1, 0.15) is 10.4 Å². The second-order valence-corrected chi connectivity index (χ2v) is 8.25. The molecule has 0 atom stereocenters. The molecule has 1 aliphatic heterocycles. The average molecular weight is 486 g/mol. The summed E-state index contributed by atoms with van der Waals surface area (Å²) < 4.78 is 11.8. The van der Waals surface area contributed by atoms with Gasteiger partial charge in [-0.05, 0) is 36.4 Å². The number of nitro benzene ring substituents is 1. The minimum Gasteiger partial charge on any atom is -0.497 e. The van der Waals surface area contributed by atoms with Crippen molar-refractivity contribution in [3.05, 3.63) is 86.7 Å². The van der Waals surface area contributed by atoms with E-state index >= 15 is 0 Å². The number of rotatable bonds is 6. The zero-order valence-corrected chi connectivity index (χ0v) is 19.4. The molecule has 5 rings (SSSR count). The Morgan fingerprint density at radius 3 is 2.50 bits per heavy atom. The van der Waals surface area contributed by atoms with Gasteiger partial charge in [0.25, 0.3) is 11.2 Å². The molecule has 3 aromatic carbocycles. The molecule has 0 bridgehead atoms. The zero-order valence-electron chi connectivity index (χ0n) is 19.4. The normalized spacial score (nSPS) is 13.5. The molecule has 2 heterocycles. The summed E-state index contributed by atoms with van der Waals surface area (Å²) in [4.78, 5) is 38.6. The van der Waals surface area contributed by atoms with Crippen molar-refractivity contribution in [2.45, 2.75) is 0 Å². The molecule has 4 aromatic rings. The molecule has 0 radical (unpaired) electrons. The first-order chi connectivity index (χ1) is 17.5. The summed E-state index contributed by atoms with van der Waals surface area (Å²) in [7, 11) is 1.49. The van der Waals surface area contributed by atoms with Crippen molar-refractivity contribution >= 4 is 28.4 Å². The summed E-state index contributed by atoms with van der Waals surface area (Å²) in [5.74, 6) is 0.443. The molecule has 0 N–H and O–H groups in total. The Kier molecular flexibility index (Phi) is 6.17. The summed E-state index contributed by atoms with van der Waals surface area (Å²) in [6.07, 6.45) is 0.695. The van der Waals surface area contributed by atoms with Gasteiger partial charge in [-0.1, -0.05) is 18.2 Å². The summed E-state index contributed by atoms with van der Waals surface area (Å²) >= 11 is 0. The molecule has 0 spiro atoms. The number of aldehydes is 1. The minimum atomic E-state index is -0.530. The Bertz CT molecular complexity index is 1540. The number of fused-ring (bicyclic) bond motifs is 1. The van der Waals surface area contributed by atoms with Gasteiger partial charge in [0.2, 0.25) is 0 Å². The van der Waals surface area contributed by atoms with E-state index in [1.807, 2.05) is 4.90 Å². The van der Waals surface area contributed by atoms with Crippen LogP contribution < -0.4 is 15.2 Å². The number of nitrogens with zero attached hydrogens (tertiary/aromatic N) is 4. The molecule has 182 valence electrons. The van der Waals surface area contributed by atoms with Gasteiger partial charge in [0.15, 0.2) is 0 Å². The van der Waals surface area contributed by atoms with Crippen LogP contribution >= 0.6 is 0 Å². The van der Waals surface area contributed by atoms with E-state index in [-0.39, 0.29) is 11.4 Å². The van der Waals surface area contributed by atoms with Crippen LogP contribution in [0.3, 0.4) is 0 Å². The van der Waals surface area contributed by atoms with E-state index in [2.05, 4.69) is 5.10 Å². The summed E-state index contributed by atoms with van der Waals surface area (Å²) in [6.45, 7) is 2.33. The highest BCUT2D eigenvalue weighted by molar-refractivity contribution is 5.95. The third-order valence-electron chi connectivity index (χ3n) is 6.14. The SMILES string of the molecule is COc1cc(C=O)cc(-c2nn(-c3cc(N4CCOCC4)ccc3[N+](=O)[O-])c(=O)c3ccccc23)c1. The molecular formula is C26H22N4O6. The Balaban J connectivity index is 1.80. The highest BCUT2D eigenvalue weighted by atomic mass is 16.6. The Hall–Kier alpha value is -4.57. The lowest BCUT2D eigenvalue weighted by atomic mass is 10.0. The fourth-order valence-corrected chi connectivity index (χ4v) is 4.36. The fourth-order valence-electron chi connectivity index (χ4n) is 4.36. The third kappa shape index (κ3) is 4.18. The molecule has 36 heavy (non-hydrogen) atoms. The monoisotopic (exact) mass is 486 g/mol. The number of nitro groups is 1. The van der Waals surface area contributed by atoms with E-state index in [1.54, 1.807) is 54.6 Å². The third-order valence-corrected chi connectivity index (χ3v) is 6.14. The van der Waals surface area contributed by atoms with Gasteiger partial charge in [-0.3, -0.25) is 19.7 Å². The maximum Gasteiger partial charge on any atom is 0.295 e. The first-order valence-corrected chi connectivity index (χ1v) is 11.3. The number of carbonyl (C=O) groups excluding carboxylic acids is 1. The smallest absolute Gasteiger partial charge is 0.295 e. The first-order valence-electron chi connectivity index (χ1n) is 11.3. The van der Waals surface area contributed by atoms with Crippen molar-refractivity contribution in [2.24, 2.45) is 0 Å². The molecule has 0 aliphatic carbocycles. The molecule has 1 aliphatic rings. The maximum atomic E-state index is 13.6. The highest BCUT2D eigenvalue weighted by Crippen LogP contribution is 2.32. The number of methoxy groups -OCH3 is 1. The number of anilines is 1. The molecule has 0 unspecified atom stereocenters. The van der Waals surface area contributed by atoms with Crippen LogP contribution in [0, 0.1) is 10.1 Å². The van der Waals surface area contributed by atoms with Crippen LogP contribution in [-0.2, 0) is 4.74 Å². The minimum absolute atomic E-state index is 0.0551. The van der Waals surface area contributed by atoms with Crippen LogP contribution in [0.5, 0.6) is 5.75 Å². The number of hydrogen-bond acceptors (Lipinski definition) is 8. The van der Waals surface area contributed by atoms with Crippen LogP contribution in [-0.4, -0.2) is 54.4 Å². The largest absolute Gasteiger partial charge is 0.497 e. The predicted octanol–water partition coefficient (Wildman–Crippen LogP) is 3.62. The quantitative estimate of drug-likeness (QED) is 0.230. The number of aromatic nitrogens is 2. The second kappa shape index (κ2) is 9.59. The summed E-state index contributed by atoms with van der Waals surface area (Å²) in [6, 6.07) is 16.5. The van der Waals surface area contributed by atoms with Crippen LogP contribution in [0.4, 0.5) is 11.4 Å². The van der Waals surface area contributed by atoms with Gasteiger partial charge < -0.3 is 14.4 Å². The van der Waals surface area contributed by atoms with E-state index in [0.717, 1.165) is 10.4 Å². The van der Waals surface area contributed by atoms with Gasteiger partial charge in [0.1, 0.15) is 17.7 Å². The topological polar surface area (TPSA) is 117 Å². The van der Waals surface area contributed by atoms with Crippen molar-refractivity contribution in [3.63, 3.8) is 0 Å². The Morgan fingerprint density at radius 2 is 1.81 bits per heavy atom. The van der Waals surface area contributed by atoms with Crippen molar-refractivity contribution in [1.29, 1.82) is 0 Å². The number of benzene rings is 3. The van der Waals surface area contributed by atoms with E-state index in [0.29, 0.717) is 65.9 Å². The second-order valence-electron chi connectivity index (χ2n) is 8.25. The van der Waals surface area contributed by atoms with Gasteiger partial charge in [0.05, 0.1) is 36.3 Å². The molecule has 10 nitrogen and oxygen atoms in total. The van der Waals surface area contributed by atoms with E-state index in [1.165, 1.54) is 13.2 Å². The van der Waals surface area contributed by atoms with Gasteiger partial charge in [-0.15, -0.1) is 0 Å². The lowest BCUT2D eigenvalue weighted by Gasteiger charge is -2.29. The van der Waals surface area contributed by atoms with E-state index < -0.39 is 10.5 Å². The predicted molar refractivity (Wildman–Crippen MR) is 134 cm³/mol. The molecule has 10 heteroatoms. The van der Waals surface area contributed by atoms with Gasteiger partial charge in [-0.25, -0.2) is 0 Å². The molecule has 1 saturated heterocycles. The molecule has 1 aromatic heterocycles. The molecule has 0 amide bonds. The highest BCUT2D eigenvalue weighted by Gasteiger charge is 2.23. The van der Waals surface area contributed by atoms with Crippen molar-refractivity contribution in [3.8, 4) is 22.7 Å². The van der Waals surface area contributed by atoms with Crippen LogP contribution in [0.15, 0.2) is 65.5 Å². The molecule has 1 fully saturated rings. The van der Waals surface area contributed by atoms with Gasteiger partial charge in [-0.2, -0.15) is 9.78 Å². The summed E-state index contributed by atoms with van der Waals surface area (Å²) in [5, 5.41) is 17.4. The van der Waals surface area contributed by atoms with Gasteiger partial charge in [0, 0.05) is 41.4 Å². The molecular weight excluding hydrogens is 464 g/mol. The van der Waals surface area contributed by atoms with Crippen LogP contribution in [0.25, 0.3) is 27.7 Å². The molecule has 0 saturated carbocycles. The Morgan fingerprint density at radius 1 is 1.06 bits per heavy atom. The zero-order chi connectivity index (χ0) is 25.2. The lowest BCUT2D eigenvalue weighted by Crippen LogP contribution is -2.36.